The van der Waals surface area contributed by atoms with E-state index >= 15 is 0 Å². The van der Waals surface area contributed by atoms with E-state index in [0.717, 1.165) is 11.1 Å². The molecule has 110 valence electrons. The molecule has 2 nitrogen and oxygen atoms in total. The second kappa shape index (κ2) is 6.48. The van der Waals surface area contributed by atoms with Gasteiger partial charge in [-0.25, -0.2) is 0 Å². The minimum atomic E-state index is -3.39. The van der Waals surface area contributed by atoms with Crippen LogP contribution in [0.3, 0.4) is 0 Å². The van der Waals surface area contributed by atoms with Crippen LogP contribution in [0.1, 0.15) is 17.5 Å². The van der Waals surface area contributed by atoms with Gasteiger partial charge in [-0.2, -0.15) is 8.78 Å². The molecule has 0 atom stereocenters. The molecule has 2 aromatic rings. The number of benzene rings is 2. The van der Waals surface area contributed by atoms with Crippen molar-refractivity contribution in [2.24, 2.45) is 0 Å². The molecule has 2 rings (SSSR count). The number of hydrogen-bond acceptors (Lipinski definition) is 1. The van der Waals surface area contributed by atoms with E-state index in [2.05, 4.69) is 5.32 Å². The van der Waals surface area contributed by atoms with E-state index in [9.17, 15) is 13.6 Å². The summed E-state index contributed by atoms with van der Waals surface area (Å²) in [6, 6.07) is 15.6. The number of amides is 1. The number of aryl methyl sites for hydroxylation is 2. The molecule has 1 amide bonds. The molecule has 4 heteroatoms. The maximum atomic E-state index is 13.9. The molecule has 21 heavy (non-hydrogen) atoms. The highest BCUT2D eigenvalue weighted by Gasteiger charge is 2.38. The van der Waals surface area contributed by atoms with Crippen molar-refractivity contribution in [3.8, 4) is 0 Å². The Balaban J connectivity index is 1.96. The summed E-state index contributed by atoms with van der Waals surface area (Å²) in [5, 5.41) is 2.24. The van der Waals surface area contributed by atoms with Gasteiger partial charge in [0, 0.05) is 12.1 Å². The zero-order valence-electron chi connectivity index (χ0n) is 11.8. The molecule has 0 aliphatic heterocycles. The molecule has 0 radical (unpaired) electrons. The third kappa shape index (κ3) is 4.38. The van der Waals surface area contributed by atoms with Crippen molar-refractivity contribution in [3.05, 3.63) is 65.7 Å². The average Bonchev–Trinajstić information content (AvgIpc) is 2.46. The maximum absolute atomic E-state index is 13.9. The van der Waals surface area contributed by atoms with E-state index in [1.54, 1.807) is 36.4 Å². The number of hydrogen-bond donors (Lipinski definition) is 1. The number of anilines is 1. The minimum Gasteiger partial charge on any atom is -0.321 e. The summed E-state index contributed by atoms with van der Waals surface area (Å²) in [7, 11) is 0. The van der Waals surface area contributed by atoms with Crippen LogP contribution in [0.15, 0.2) is 54.6 Å². The molecule has 0 aliphatic rings. The SMILES string of the molecule is Cc1cccc(CCC(F)(F)C(=O)Nc2ccccc2)c1. The molecule has 0 saturated carbocycles. The van der Waals surface area contributed by atoms with Gasteiger partial charge in [-0.3, -0.25) is 4.79 Å². The third-order valence-corrected chi connectivity index (χ3v) is 3.17. The molecule has 1 N–H and O–H groups in total. The topological polar surface area (TPSA) is 29.1 Å². The molecular formula is C17H17F2NO. The lowest BCUT2D eigenvalue weighted by Gasteiger charge is -2.16. The summed E-state index contributed by atoms with van der Waals surface area (Å²) in [6.45, 7) is 1.91. The highest BCUT2D eigenvalue weighted by molar-refractivity contribution is 5.95. The van der Waals surface area contributed by atoms with E-state index in [-0.39, 0.29) is 6.42 Å². The van der Waals surface area contributed by atoms with Gasteiger partial charge >= 0.3 is 5.92 Å². The largest absolute Gasteiger partial charge is 0.325 e. The molecule has 0 aromatic heterocycles. The predicted octanol–water partition coefficient (Wildman–Crippen LogP) is 4.20. The Morgan fingerprint density at radius 1 is 1.10 bits per heavy atom. The number of para-hydroxylation sites is 1. The van der Waals surface area contributed by atoms with Crippen LogP contribution in [-0.2, 0) is 11.2 Å². The van der Waals surface area contributed by atoms with E-state index in [1.807, 2.05) is 25.1 Å². The molecule has 0 fully saturated rings. The van der Waals surface area contributed by atoms with Crippen molar-refractivity contribution in [2.45, 2.75) is 25.7 Å². The lowest BCUT2D eigenvalue weighted by atomic mass is 10.0. The molecule has 0 aliphatic carbocycles. The van der Waals surface area contributed by atoms with Crippen LogP contribution < -0.4 is 5.32 Å². The lowest BCUT2D eigenvalue weighted by Crippen LogP contribution is -2.35. The molecule has 0 spiro atoms. The Kier molecular flexibility index (Phi) is 4.68. The van der Waals surface area contributed by atoms with Crippen LogP contribution in [0.2, 0.25) is 0 Å². The van der Waals surface area contributed by atoms with Gasteiger partial charge in [0.15, 0.2) is 0 Å². The first-order valence-electron chi connectivity index (χ1n) is 6.77. The summed E-state index contributed by atoms with van der Waals surface area (Å²) in [5.41, 5.74) is 2.20. The summed E-state index contributed by atoms with van der Waals surface area (Å²) in [4.78, 5) is 11.7. The fourth-order valence-electron chi connectivity index (χ4n) is 2.03. The molecule has 0 unspecified atom stereocenters. The summed E-state index contributed by atoms with van der Waals surface area (Å²) in [5.74, 6) is -4.65. The normalized spacial score (nSPS) is 11.2. The number of carbonyl (C=O) groups is 1. The zero-order valence-corrected chi connectivity index (χ0v) is 11.8. The zero-order chi connectivity index (χ0) is 15.3. The van der Waals surface area contributed by atoms with Crippen LogP contribution in [0.25, 0.3) is 0 Å². The van der Waals surface area contributed by atoms with Crippen molar-refractivity contribution in [3.63, 3.8) is 0 Å². The van der Waals surface area contributed by atoms with Crippen LogP contribution in [0.4, 0.5) is 14.5 Å². The molecular weight excluding hydrogens is 272 g/mol. The highest BCUT2D eigenvalue weighted by Crippen LogP contribution is 2.23. The smallest absolute Gasteiger partial charge is 0.321 e. The highest BCUT2D eigenvalue weighted by atomic mass is 19.3. The Morgan fingerprint density at radius 2 is 1.81 bits per heavy atom. The Labute approximate surface area is 122 Å². The van der Waals surface area contributed by atoms with E-state index < -0.39 is 18.3 Å². The first-order valence-corrected chi connectivity index (χ1v) is 6.77. The Bertz CT molecular complexity index is 611. The second-order valence-electron chi connectivity index (χ2n) is 5.01. The molecule has 0 saturated heterocycles. The lowest BCUT2D eigenvalue weighted by molar-refractivity contribution is -0.140. The molecule has 2 aromatic carbocycles. The van der Waals surface area contributed by atoms with Crippen molar-refractivity contribution < 1.29 is 13.6 Å². The van der Waals surface area contributed by atoms with Crippen LogP contribution in [-0.4, -0.2) is 11.8 Å². The van der Waals surface area contributed by atoms with E-state index in [1.165, 1.54) is 0 Å². The number of rotatable bonds is 5. The fraction of sp³-hybridized carbons (Fsp3) is 0.235. The third-order valence-electron chi connectivity index (χ3n) is 3.17. The Morgan fingerprint density at radius 3 is 2.48 bits per heavy atom. The van der Waals surface area contributed by atoms with Crippen molar-refractivity contribution in [2.75, 3.05) is 5.32 Å². The Hall–Kier alpha value is -2.23. The van der Waals surface area contributed by atoms with E-state index in [4.69, 9.17) is 0 Å². The minimum absolute atomic E-state index is 0.164. The number of carbonyl (C=O) groups excluding carboxylic acids is 1. The van der Waals surface area contributed by atoms with Gasteiger partial charge in [-0.15, -0.1) is 0 Å². The maximum Gasteiger partial charge on any atom is 0.325 e. The average molecular weight is 289 g/mol. The molecule has 0 bridgehead atoms. The van der Waals surface area contributed by atoms with Crippen molar-refractivity contribution in [1.29, 1.82) is 0 Å². The number of halogens is 2. The second-order valence-corrected chi connectivity index (χ2v) is 5.01. The monoisotopic (exact) mass is 289 g/mol. The van der Waals surface area contributed by atoms with Gasteiger partial charge in [-0.1, -0.05) is 48.0 Å². The summed E-state index contributed by atoms with van der Waals surface area (Å²) < 4.78 is 27.8. The van der Waals surface area contributed by atoms with Gasteiger partial charge in [-0.05, 0) is 31.0 Å². The first kappa shape index (κ1) is 15.2. The van der Waals surface area contributed by atoms with Crippen LogP contribution in [0, 0.1) is 6.92 Å². The number of nitrogens with one attached hydrogen (secondary N) is 1. The summed E-state index contributed by atoms with van der Waals surface area (Å²) in [6.07, 6.45) is -0.341. The van der Waals surface area contributed by atoms with Crippen molar-refractivity contribution in [1.82, 2.24) is 0 Å². The van der Waals surface area contributed by atoms with Gasteiger partial charge in [0.25, 0.3) is 5.91 Å². The standard InChI is InChI=1S/C17H17F2NO/c1-13-6-5-7-14(12-13)10-11-17(18,19)16(21)20-15-8-3-2-4-9-15/h2-9,12H,10-11H2,1H3,(H,20,21). The van der Waals surface area contributed by atoms with Gasteiger partial charge in [0.1, 0.15) is 0 Å². The van der Waals surface area contributed by atoms with Crippen LogP contribution >= 0.6 is 0 Å². The van der Waals surface area contributed by atoms with Gasteiger partial charge < -0.3 is 5.32 Å². The summed E-state index contributed by atoms with van der Waals surface area (Å²) >= 11 is 0. The predicted molar refractivity (Wildman–Crippen MR) is 79.5 cm³/mol. The number of alkyl halides is 2. The quantitative estimate of drug-likeness (QED) is 0.878. The van der Waals surface area contributed by atoms with Gasteiger partial charge in [0.05, 0.1) is 0 Å². The fourth-order valence-corrected chi connectivity index (χ4v) is 2.03. The van der Waals surface area contributed by atoms with E-state index in [0.29, 0.717) is 5.69 Å². The van der Waals surface area contributed by atoms with Gasteiger partial charge in [0.2, 0.25) is 0 Å². The van der Waals surface area contributed by atoms with Crippen molar-refractivity contribution >= 4 is 11.6 Å². The molecule has 0 heterocycles. The first-order chi connectivity index (χ1) is 9.97. The van der Waals surface area contributed by atoms with Crippen LogP contribution in [0.5, 0.6) is 0 Å².